The monoisotopic (exact) mass is 298 g/mol. The number of hydrogen-bond donors (Lipinski definition) is 2. The molecule has 0 atom stereocenters. The van der Waals surface area contributed by atoms with Gasteiger partial charge in [-0.3, -0.25) is 9.52 Å². The lowest BCUT2D eigenvalue weighted by atomic mass is 10.2. The third kappa shape index (κ3) is 2.80. The maximum absolute atomic E-state index is 12.1. The molecule has 0 saturated heterocycles. The van der Waals surface area contributed by atoms with E-state index in [1.54, 1.807) is 25.1 Å². The van der Waals surface area contributed by atoms with Crippen LogP contribution in [0.2, 0.25) is 5.02 Å². The van der Waals surface area contributed by atoms with Crippen molar-refractivity contribution in [1.82, 2.24) is 4.98 Å². The van der Waals surface area contributed by atoms with Crippen LogP contribution in [0.3, 0.4) is 0 Å². The summed E-state index contributed by atoms with van der Waals surface area (Å²) in [5.74, 6) is 0. The summed E-state index contributed by atoms with van der Waals surface area (Å²) in [5.41, 5.74) is 0.354. The molecule has 0 bridgehead atoms. The number of para-hydroxylation sites is 1. The number of halogens is 1. The Balaban J connectivity index is 2.49. The molecule has 7 heteroatoms. The fourth-order valence-corrected chi connectivity index (χ4v) is 3.09. The second kappa shape index (κ2) is 5.07. The van der Waals surface area contributed by atoms with E-state index < -0.39 is 15.5 Å². The zero-order chi connectivity index (χ0) is 14.0. The van der Waals surface area contributed by atoms with Crippen molar-refractivity contribution < 1.29 is 8.42 Å². The van der Waals surface area contributed by atoms with Crippen molar-refractivity contribution in [2.24, 2.45) is 0 Å². The van der Waals surface area contributed by atoms with E-state index in [1.165, 1.54) is 6.20 Å². The fraction of sp³-hybridized carbons (Fsp3) is 0.0833. The van der Waals surface area contributed by atoms with Gasteiger partial charge >= 0.3 is 0 Å². The van der Waals surface area contributed by atoms with Gasteiger partial charge < -0.3 is 4.98 Å². The number of pyridine rings is 1. The summed E-state index contributed by atoms with van der Waals surface area (Å²) in [6.45, 7) is 1.72. The van der Waals surface area contributed by atoms with E-state index in [4.69, 9.17) is 11.6 Å². The van der Waals surface area contributed by atoms with Gasteiger partial charge in [0.25, 0.3) is 10.0 Å². The van der Waals surface area contributed by atoms with Gasteiger partial charge in [-0.1, -0.05) is 23.7 Å². The molecule has 1 aromatic carbocycles. The lowest BCUT2D eigenvalue weighted by Crippen LogP contribution is -2.21. The van der Waals surface area contributed by atoms with Gasteiger partial charge in [0.15, 0.2) is 4.90 Å². The highest BCUT2D eigenvalue weighted by Crippen LogP contribution is 2.27. The van der Waals surface area contributed by atoms with Crippen molar-refractivity contribution in [2.75, 3.05) is 4.72 Å². The highest BCUT2D eigenvalue weighted by atomic mass is 35.5. The molecule has 2 N–H and O–H groups in total. The molecule has 100 valence electrons. The quantitative estimate of drug-likeness (QED) is 0.911. The second-order valence-corrected chi connectivity index (χ2v) is 5.97. The minimum Gasteiger partial charge on any atom is -0.366 e. The maximum Gasteiger partial charge on any atom is 0.267 e. The zero-order valence-electron chi connectivity index (χ0n) is 9.98. The lowest BCUT2D eigenvalue weighted by molar-refractivity contribution is 0.600. The molecule has 2 rings (SSSR count). The summed E-state index contributed by atoms with van der Waals surface area (Å²) in [5, 5.41) is 0.274. The standard InChI is InChI=1S/C12H11ClN2O3S/c1-8-3-2-4-9(13)12(8)15-19(17,18)11-7-14-6-5-10(11)16/h2-7,15H,1H3,(H,14,16). The highest BCUT2D eigenvalue weighted by molar-refractivity contribution is 7.92. The fourth-order valence-electron chi connectivity index (χ4n) is 1.56. The summed E-state index contributed by atoms with van der Waals surface area (Å²) in [6, 6.07) is 6.15. The molecule has 5 nitrogen and oxygen atoms in total. The van der Waals surface area contributed by atoms with Gasteiger partial charge in [-0.15, -0.1) is 0 Å². The molecule has 0 saturated carbocycles. The third-order valence-electron chi connectivity index (χ3n) is 2.54. The number of aromatic nitrogens is 1. The van der Waals surface area contributed by atoms with Crippen LogP contribution in [0.4, 0.5) is 5.69 Å². The van der Waals surface area contributed by atoms with Gasteiger partial charge in [-0.05, 0) is 18.6 Å². The normalized spacial score (nSPS) is 11.3. The first-order valence-electron chi connectivity index (χ1n) is 5.37. The first-order chi connectivity index (χ1) is 8.92. The summed E-state index contributed by atoms with van der Waals surface area (Å²) in [7, 11) is -3.97. The summed E-state index contributed by atoms with van der Waals surface area (Å²) >= 11 is 5.95. The molecular weight excluding hydrogens is 288 g/mol. The molecule has 0 spiro atoms. The van der Waals surface area contributed by atoms with Crippen molar-refractivity contribution in [3.05, 3.63) is 57.5 Å². The van der Waals surface area contributed by atoms with Gasteiger partial charge in [0.2, 0.25) is 5.43 Å². The van der Waals surface area contributed by atoms with Gasteiger partial charge in [-0.25, -0.2) is 8.42 Å². The van der Waals surface area contributed by atoms with E-state index in [-0.39, 0.29) is 15.6 Å². The first kappa shape index (κ1) is 13.6. The molecule has 0 unspecified atom stereocenters. The van der Waals surface area contributed by atoms with Gasteiger partial charge in [-0.2, -0.15) is 0 Å². The van der Waals surface area contributed by atoms with Crippen molar-refractivity contribution in [3.63, 3.8) is 0 Å². The van der Waals surface area contributed by atoms with E-state index in [1.807, 2.05) is 0 Å². The number of H-pyrrole nitrogens is 1. The molecule has 0 amide bonds. The number of hydrogen-bond acceptors (Lipinski definition) is 3. The highest BCUT2D eigenvalue weighted by Gasteiger charge is 2.19. The predicted octanol–water partition coefficient (Wildman–Crippen LogP) is 2.14. The molecule has 0 aliphatic rings. The second-order valence-electron chi connectivity index (χ2n) is 3.91. The topological polar surface area (TPSA) is 79.0 Å². The van der Waals surface area contributed by atoms with Crippen LogP contribution in [0.5, 0.6) is 0 Å². The number of benzene rings is 1. The third-order valence-corrected chi connectivity index (χ3v) is 4.22. The smallest absolute Gasteiger partial charge is 0.267 e. The Kier molecular flexibility index (Phi) is 3.64. The average Bonchev–Trinajstić information content (AvgIpc) is 2.34. The Morgan fingerprint density at radius 3 is 2.63 bits per heavy atom. The maximum atomic E-state index is 12.1. The zero-order valence-corrected chi connectivity index (χ0v) is 11.5. The van der Waals surface area contributed by atoms with Crippen LogP contribution in [0.25, 0.3) is 0 Å². The van der Waals surface area contributed by atoms with Crippen LogP contribution in [-0.2, 0) is 10.0 Å². The molecule has 1 aromatic heterocycles. The summed E-state index contributed by atoms with van der Waals surface area (Å²) < 4.78 is 26.6. The number of anilines is 1. The van der Waals surface area contributed by atoms with Gasteiger partial charge in [0.1, 0.15) is 0 Å². The van der Waals surface area contributed by atoms with Gasteiger partial charge in [0, 0.05) is 18.5 Å². The SMILES string of the molecule is Cc1cccc(Cl)c1NS(=O)(=O)c1c[nH]ccc1=O. The number of aromatic amines is 1. The average molecular weight is 299 g/mol. The Morgan fingerprint density at radius 1 is 1.26 bits per heavy atom. The number of sulfonamides is 1. The number of nitrogens with one attached hydrogen (secondary N) is 2. The van der Waals surface area contributed by atoms with Crippen LogP contribution in [-0.4, -0.2) is 13.4 Å². The van der Waals surface area contributed by atoms with Gasteiger partial charge in [0.05, 0.1) is 10.7 Å². The Bertz CT molecular complexity index is 748. The minimum atomic E-state index is -3.97. The van der Waals surface area contributed by atoms with Crippen molar-refractivity contribution in [3.8, 4) is 0 Å². The molecule has 0 fully saturated rings. The lowest BCUT2D eigenvalue weighted by Gasteiger charge is -2.11. The van der Waals surface area contributed by atoms with Crippen LogP contribution >= 0.6 is 11.6 Å². The molecule has 0 aliphatic heterocycles. The van der Waals surface area contributed by atoms with Crippen LogP contribution in [0, 0.1) is 6.92 Å². The Morgan fingerprint density at radius 2 is 2.00 bits per heavy atom. The Hall–Kier alpha value is -1.79. The predicted molar refractivity (Wildman–Crippen MR) is 74.1 cm³/mol. The van der Waals surface area contributed by atoms with E-state index in [2.05, 4.69) is 9.71 Å². The molecule has 2 aromatic rings. The minimum absolute atomic E-state index is 0.271. The first-order valence-corrected chi connectivity index (χ1v) is 7.23. The van der Waals surface area contributed by atoms with Crippen LogP contribution < -0.4 is 10.2 Å². The van der Waals surface area contributed by atoms with Crippen molar-refractivity contribution >= 4 is 27.3 Å². The van der Waals surface area contributed by atoms with E-state index >= 15 is 0 Å². The van der Waals surface area contributed by atoms with Crippen molar-refractivity contribution in [2.45, 2.75) is 11.8 Å². The molecule has 0 aliphatic carbocycles. The summed E-state index contributed by atoms with van der Waals surface area (Å²) in [6.07, 6.45) is 2.50. The van der Waals surface area contributed by atoms with Crippen LogP contribution in [0.15, 0.2) is 46.3 Å². The van der Waals surface area contributed by atoms with E-state index in [9.17, 15) is 13.2 Å². The Labute approximate surface area is 115 Å². The molecule has 1 heterocycles. The summed E-state index contributed by atoms with van der Waals surface area (Å²) in [4.78, 5) is 13.8. The van der Waals surface area contributed by atoms with E-state index in [0.29, 0.717) is 5.56 Å². The molecule has 19 heavy (non-hydrogen) atoms. The largest absolute Gasteiger partial charge is 0.366 e. The van der Waals surface area contributed by atoms with Crippen molar-refractivity contribution in [1.29, 1.82) is 0 Å². The molecule has 0 radical (unpaired) electrons. The van der Waals surface area contributed by atoms with Crippen LogP contribution in [0.1, 0.15) is 5.56 Å². The number of aryl methyl sites for hydroxylation is 1. The molecular formula is C12H11ClN2O3S. The van der Waals surface area contributed by atoms with E-state index in [0.717, 1.165) is 12.3 Å². The number of rotatable bonds is 3.